The van der Waals surface area contributed by atoms with Crippen LogP contribution >= 0.6 is 0 Å². The van der Waals surface area contributed by atoms with Crippen LogP contribution in [0.3, 0.4) is 0 Å². The average molecular weight is 266 g/mol. The highest BCUT2D eigenvalue weighted by Crippen LogP contribution is 2.38. The van der Waals surface area contributed by atoms with Gasteiger partial charge in [0, 0.05) is 19.1 Å². The maximum Gasteiger partial charge on any atom is 0.216 e. The summed E-state index contributed by atoms with van der Waals surface area (Å²) in [7, 11) is 3.62. The second-order valence-electron chi connectivity index (χ2n) is 5.71. The minimum atomic E-state index is 0.146. The van der Waals surface area contributed by atoms with Crippen LogP contribution in [-0.2, 0) is 7.05 Å². The minimum Gasteiger partial charge on any atom is -0.481 e. The number of likely N-dealkylation sites (tertiary alicyclic amines) is 1. The number of hydrogen-bond acceptors (Lipinski definition) is 4. The van der Waals surface area contributed by atoms with E-state index in [1.807, 2.05) is 18.7 Å². The van der Waals surface area contributed by atoms with Gasteiger partial charge < -0.3 is 10.5 Å². The molecule has 1 aliphatic rings. The SMILES string of the molecule is COc1c(C2C(N)CCCN2C(C)C)c(C)nn1C. The lowest BCUT2D eigenvalue weighted by molar-refractivity contribution is 0.0922. The van der Waals surface area contributed by atoms with Crippen LogP contribution in [-0.4, -0.2) is 40.4 Å². The summed E-state index contributed by atoms with van der Waals surface area (Å²) in [5.41, 5.74) is 8.59. The standard InChI is InChI=1S/C14H26N4O/c1-9(2)18-8-6-7-11(15)13(18)12-10(3)16-17(4)14(12)19-5/h9,11,13H,6-8,15H2,1-5H3. The summed E-state index contributed by atoms with van der Waals surface area (Å²) in [5, 5.41) is 4.49. The molecule has 19 heavy (non-hydrogen) atoms. The number of piperidine rings is 1. The lowest BCUT2D eigenvalue weighted by atomic mass is 9.90. The fourth-order valence-electron chi connectivity index (χ4n) is 3.25. The fourth-order valence-corrected chi connectivity index (χ4v) is 3.25. The Hall–Kier alpha value is -1.07. The van der Waals surface area contributed by atoms with Gasteiger partial charge in [-0.25, -0.2) is 4.68 Å². The highest BCUT2D eigenvalue weighted by molar-refractivity contribution is 5.36. The highest BCUT2D eigenvalue weighted by atomic mass is 16.5. The van der Waals surface area contributed by atoms with E-state index in [4.69, 9.17) is 10.5 Å². The topological polar surface area (TPSA) is 56.3 Å². The predicted octanol–water partition coefficient (Wildman–Crippen LogP) is 1.61. The van der Waals surface area contributed by atoms with E-state index >= 15 is 0 Å². The molecule has 2 N–H and O–H groups in total. The second kappa shape index (κ2) is 5.51. The van der Waals surface area contributed by atoms with Gasteiger partial charge in [-0.05, 0) is 40.2 Å². The number of ether oxygens (including phenoxy) is 1. The Kier molecular flexibility index (Phi) is 4.16. The van der Waals surface area contributed by atoms with Gasteiger partial charge in [-0.1, -0.05) is 0 Å². The molecule has 0 radical (unpaired) electrons. The molecular formula is C14H26N4O. The molecule has 108 valence electrons. The Morgan fingerprint density at radius 1 is 1.42 bits per heavy atom. The van der Waals surface area contributed by atoms with Crippen molar-refractivity contribution in [3.8, 4) is 5.88 Å². The third-order valence-corrected chi connectivity index (χ3v) is 4.08. The van der Waals surface area contributed by atoms with Gasteiger partial charge in [-0.15, -0.1) is 0 Å². The van der Waals surface area contributed by atoms with Gasteiger partial charge in [-0.3, -0.25) is 4.90 Å². The van der Waals surface area contributed by atoms with Crippen LogP contribution in [0, 0.1) is 6.92 Å². The average Bonchev–Trinajstić information content (AvgIpc) is 2.63. The van der Waals surface area contributed by atoms with E-state index in [-0.39, 0.29) is 12.1 Å². The van der Waals surface area contributed by atoms with Gasteiger partial charge in [0.15, 0.2) is 0 Å². The predicted molar refractivity (Wildman–Crippen MR) is 76.3 cm³/mol. The van der Waals surface area contributed by atoms with Crippen molar-refractivity contribution in [2.75, 3.05) is 13.7 Å². The molecular weight excluding hydrogens is 240 g/mol. The second-order valence-corrected chi connectivity index (χ2v) is 5.71. The zero-order valence-corrected chi connectivity index (χ0v) is 12.7. The van der Waals surface area contributed by atoms with E-state index < -0.39 is 0 Å². The first-order chi connectivity index (χ1) is 8.97. The Morgan fingerprint density at radius 2 is 2.11 bits per heavy atom. The van der Waals surface area contributed by atoms with Gasteiger partial charge in [-0.2, -0.15) is 5.10 Å². The summed E-state index contributed by atoms with van der Waals surface area (Å²) in [6, 6.07) is 0.825. The molecule has 0 bridgehead atoms. The molecule has 0 aromatic carbocycles. The van der Waals surface area contributed by atoms with Crippen LogP contribution in [0.15, 0.2) is 0 Å². The van der Waals surface area contributed by atoms with Crippen LogP contribution < -0.4 is 10.5 Å². The summed E-state index contributed by atoms with van der Waals surface area (Å²) < 4.78 is 7.35. The van der Waals surface area contributed by atoms with E-state index in [2.05, 4.69) is 23.8 Å². The normalized spacial score (nSPS) is 25.0. The highest BCUT2D eigenvalue weighted by Gasteiger charge is 2.36. The summed E-state index contributed by atoms with van der Waals surface area (Å²) in [6.07, 6.45) is 2.23. The maximum atomic E-state index is 6.41. The fraction of sp³-hybridized carbons (Fsp3) is 0.786. The molecule has 5 nitrogen and oxygen atoms in total. The van der Waals surface area contributed by atoms with E-state index in [0.717, 1.165) is 36.5 Å². The number of methoxy groups -OCH3 is 1. The molecule has 2 atom stereocenters. The van der Waals surface area contributed by atoms with E-state index in [0.29, 0.717) is 6.04 Å². The number of aromatic nitrogens is 2. The summed E-state index contributed by atoms with van der Waals surface area (Å²) in [5.74, 6) is 0.838. The van der Waals surface area contributed by atoms with Gasteiger partial charge in [0.2, 0.25) is 5.88 Å². The van der Waals surface area contributed by atoms with Gasteiger partial charge in [0.1, 0.15) is 0 Å². The molecule has 1 aromatic rings. The first-order valence-electron chi connectivity index (χ1n) is 7.06. The van der Waals surface area contributed by atoms with Crippen LogP contribution in [0.4, 0.5) is 0 Å². The molecule has 2 unspecified atom stereocenters. The van der Waals surface area contributed by atoms with Gasteiger partial charge >= 0.3 is 0 Å². The van der Waals surface area contributed by atoms with Crippen molar-refractivity contribution in [3.05, 3.63) is 11.3 Å². The molecule has 2 rings (SSSR count). The van der Waals surface area contributed by atoms with Crippen LogP contribution in [0.5, 0.6) is 5.88 Å². The van der Waals surface area contributed by atoms with Crippen LogP contribution in [0.2, 0.25) is 0 Å². The number of nitrogens with zero attached hydrogens (tertiary/aromatic N) is 3. The number of nitrogens with two attached hydrogens (primary N) is 1. The smallest absolute Gasteiger partial charge is 0.216 e. The zero-order valence-electron chi connectivity index (χ0n) is 12.7. The Balaban J connectivity index is 2.46. The molecule has 1 aromatic heterocycles. The molecule has 0 spiro atoms. The van der Waals surface area contributed by atoms with Crippen molar-refractivity contribution in [2.24, 2.45) is 12.8 Å². The lowest BCUT2D eigenvalue weighted by Crippen LogP contribution is -2.48. The van der Waals surface area contributed by atoms with E-state index in [9.17, 15) is 0 Å². The molecule has 1 fully saturated rings. The van der Waals surface area contributed by atoms with Crippen molar-refractivity contribution in [1.82, 2.24) is 14.7 Å². The Bertz CT molecular complexity index is 441. The Labute approximate surface area is 115 Å². The third kappa shape index (κ3) is 2.49. The third-order valence-electron chi connectivity index (χ3n) is 4.08. The molecule has 0 amide bonds. The van der Waals surface area contributed by atoms with Gasteiger partial charge in [0.25, 0.3) is 0 Å². The summed E-state index contributed by atoms with van der Waals surface area (Å²) in [6.45, 7) is 7.58. The van der Waals surface area contributed by atoms with Crippen molar-refractivity contribution in [2.45, 2.75) is 51.7 Å². The molecule has 2 heterocycles. The van der Waals surface area contributed by atoms with Gasteiger partial charge in [0.05, 0.1) is 24.4 Å². The largest absolute Gasteiger partial charge is 0.481 e. The number of rotatable bonds is 3. The van der Waals surface area contributed by atoms with E-state index in [1.54, 1.807) is 7.11 Å². The van der Waals surface area contributed by atoms with Crippen LogP contribution in [0.1, 0.15) is 44.0 Å². The van der Waals surface area contributed by atoms with Crippen molar-refractivity contribution < 1.29 is 4.74 Å². The monoisotopic (exact) mass is 266 g/mol. The molecule has 0 saturated carbocycles. The Morgan fingerprint density at radius 3 is 2.68 bits per heavy atom. The van der Waals surface area contributed by atoms with E-state index in [1.165, 1.54) is 0 Å². The summed E-state index contributed by atoms with van der Waals surface area (Å²) in [4.78, 5) is 2.47. The molecule has 1 aliphatic heterocycles. The summed E-state index contributed by atoms with van der Waals surface area (Å²) >= 11 is 0. The van der Waals surface area contributed by atoms with Crippen molar-refractivity contribution >= 4 is 0 Å². The molecule has 1 saturated heterocycles. The first-order valence-corrected chi connectivity index (χ1v) is 7.06. The molecule has 0 aliphatic carbocycles. The minimum absolute atomic E-state index is 0.146. The lowest BCUT2D eigenvalue weighted by Gasteiger charge is -2.42. The van der Waals surface area contributed by atoms with Crippen LogP contribution in [0.25, 0.3) is 0 Å². The number of hydrogen-bond donors (Lipinski definition) is 1. The first kappa shape index (κ1) is 14.3. The maximum absolute atomic E-state index is 6.41. The zero-order chi connectivity index (χ0) is 14.2. The van der Waals surface area contributed by atoms with Crippen molar-refractivity contribution in [1.29, 1.82) is 0 Å². The molecule has 5 heteroatoms. The van der Waals surface area contributed by atoms with Crippen molar-refractivity contribution in [3.63, 3.8) is 0 Å². The number of aryl methyl sites for hydroxylation is 2. The quantitative estimate of drug-likeness (QED) is 0.903.